The standard InChI is InChI=1S/C35H53NO5/c1-9-11-19-40-29-23-26(24-30(33(29)39)41-20-12-10-2)16-17-31(37)36-18-14-13-15-25-21-27(34(3,4)5)32(38)28(22-25)35(6,7)8/h16-17,21-24,38-39H,9-15,18-20H2,1-8H3,(H,36,37)/b17-16+. The molecule has 0 heterocycles. The molecule has 0 radical (unpaired) electrons. The Morgan fingerprint density at radius 1 is 0.780 bits per heavy atom. The Morgan fingerprint density at radius 2 is 1.29 bits per heavy atom. The number of phenolic OH excluding ortho intramolecular Hbond substituents is 2. The average Bonchev–Trinajstić information content (AvgIpc) is 2.89. The Bertz CT molecular complexity index is 1090. The van der Waals surface area contributed by atoms with Gasteiger partial charge in [-0.3, -0.25) is 4.79 Å². The third-order valence-corrected chi connectivity index (χ3v) is 6.98. The number of carbonyl (C=O) groups is 1. The second-order valence-corrected chi connectivity index (χ2v) is 12.9. The summed E-state index contributed by atoms with van der Waals surface area (Å²) in [5, 5.41) is 24.5. The monoisotopic (exact) mass is 567 g/mol. The fourth-order valence-electron chi connectivity index (χ4n) is 4.45. The lowest BCUT2D eigenvalue weighted by atomic mass is 9.78. The van der Waals surface area contributed by atoms with Gasteiger partial charge in [-0.05, 0) is 83.4 Å². The summed E-state index contributed by atoms with van der Waals surface area (Å²) < 4.78 is 11.6. The first-order chi connectivity index (χ1) is 19.3. The topological polar surface area (TPSA) is 88.0 Å². The van der Waals surface area contributed by atoms with Gasteiger partial charge in [-0.1, -0.05) is 80.4 Å². The third-order valence-electron chi connectivity index (χ3n) is 6.98. The van der Waals surface area contributed by atoms with Gasteiger partial charge in [0.1, 0.15) is 5.75 Å². The molecule has 0 saturated carbocycles. The number of hydrogen-bond acceptors (Lipinski definition) is 5. The van der Waals surface area contributed by atoms with Crippen LogP contribution in [0.5, 0.6) is 23.0 Å². The zero-order valence-electron chi connectivity index (χ0n) is 26.7. The number of benzene rings is 2. The van der Waals surface area contributed by atoms with E-state index in [1.54, 1.807) is 18.2 Å². The second-order valence-electron chi connectivity index (χ2n) is 12.9. The van der Waals surface area contributed by atoms with Crippen molar-refractivity contribution in [3.05, 3.63) is 52.6 Å². The van der Waals surface area contributed by atoms with Crippen LogP contribution in [0.4, 0.5) is 0 Å². The molecule has 2 aromatic carbocycles. The van der Waals surface area contributed by atoms with Gasteiger partial charge in [-0.25, -0.2) is 0 Å². The zero-order valence-corrected chi connectivity index (χ0v) is 26.7. The van der Waals surface area contributed by atoms with Crippen LogP contribution in [0, 0.1) is 0 Å². The number of nitrogens with one attached hydrogen (secondary N) is 1. The lowest BCUT2D eigenvalue weighted by Crippen LogP contribution is -2.22. The number of aryl methyl sites for hydroxylation is 1. The summed E-state index contributed by atoms with van der Waals surface area (Å²) in [5.74, 6) is 0.962. The molecule has 41 heavy (non-hydrogen) atoms. The molecule has 2 aromatic rings. The molecule has 0 fully saturated rings. The molecular weight excluding hydrogens is 514 g/mol. The molecule has 2 rings (SSSR count). The highest BCUT2D eigenvalue weighted by atomic mass is 16.5. The molecule has 0 atom stereocenters. The molecule has 0 unspecified atom stereocenters. The maximum atomic E-state index is 12.5. The molecule has 0 bridgehead atoms. The van der Waals surface area contributed by atoms with Crippen LogP contribution >= 0.6 is 0 Å². The third kappa shape index (κ3) is 11.0. The zero-order chi connectivity index (χ0) is 30.6. The first-order valence-electron chi connectivity index (χ1n) is 15.2. The van der Waals surface area contributed by atoms with Crippen molar-refractivity contribution in [2.75, 3.05) is 19.8 Å². The van der Waals surface area contributed by atoms with Gasteiger partial charge in [0.15, 0.2) is 11.5 Å². The number of carbonyl (C=O) groups excluding carboxylic acids is 1. The molecule has 0 saturated heterocycles. The number of unbranched alkanes of at least 4 members (excludes halogenated alkanes) is 3. The Balaban J connectivity index is 1.98. The molecule has 1 amide bonds. The van der Waals surface area contributed by atoms with Gasteiger partial charge in [-0.15, -0.1) is 0 Å². The Hall–Kier alpha value is -3.15. The smallest absolute Gasteiger partial charge is 0.243 e. The Kier molecular flexibility index (Phi) is 13.1. The van der Waals surface area contributed by atoms with Gasteiger partial charge in [-0.2, -0.15) is 0 Å². The van der Waals surface area contributed by atoms with E-state index >= 15 is 0 Å². The predicted molar refractivity (Wildman–Crippen MR) is 169 cm³/mol. The van der Waals surface area contributed by atoms with Crippen molar-refractivity contribution in [3.8, 4) is 23.0 Å². The van der Waals surface area contributed by atoms with Crippen LogP contribution in [-0.2, 0) is 22.0 Å². The first-order valence-corrected chi connectivity index (χ1v) is 15.2. The Morgan fingerprint density at radius 3 is 1.76 bits per heavy atom. The van der Waals surface area contributed by atoms with Crippen LogP contribution in [0.15, 0.2) is 30.3 Å². The molecule has 3 N–H and O–H groups in total. The van der Waals surface area contributed by atoms with E-state index < -0.39 is 0 Å². The van der Waals surface area contributed by atoms with Crippen molar-refractivity contribution in [3.63, 3.8) is 0 Å². The molecule has 228 valence electrons. The summed E-state index contributed by atoms with van der Waals surface area (Å²) >= 11 is 0. The summed E-state index contributed by atoms with van der Waals surface area (Å²) in [7, 11) is 0. The molecule has 0 aliphatic rings. The Labute approximate surface area is 248 Å². The van der Waals surface area contributed by atoms with E-state index in [-0.39, 0.29) is 22.5 Å². The van der Waals surface area contributed by atoms with Crippen LogP contribution < -0.4 is 14.8 Å². The summed E-state index contributed by atoms with van der Waals surface area (Å²) in [5.41, 5.74) is 3.60. The van der Waals surface area contributed by atoms with Gasteiger partial charge in [0, 0.05) is 12.6 Å². The van der Waals surface area contributed by atoms with E-state index in [2.05, 4.69) is 72.8 Å². The van der Waals surface area contributed by atoms with E-state index in [4.69, 9.17) is 9.47 Å². The van der Waals surface area contributed by atoms with Crippen LogP contribution in [0.25, 0.3) is 6.08 Å². The summed E-state index contributed by atoms with van der Waals surface area (Å²) in [4.78, 5) is 12.5. The minimum atomic E-state index is -0.172. The van der Waals surface area contributed by atoms with E-state index in [0.29, 0.717) is 37.0 Å². The quantitative estimate of drug-likeness (QED) is 0.149. The van der Waals surface area contributed by atoms with Crippen LogP contribution in [0.2, 0.25) is 0 Å². The minimum absolute atomic E-state index is 0.00308. The van der Waals surface area contributed by atoms with Crippen LogP contribution in [-0.4, -0.2) is 35.9 Å². The maximum Gasteiger partial charge on any atom is 0.243 e. The maximum absolute atomic E-state index is 12.5. The number of hydrogen-bond donors (Lipinski definition) is 3. The van der Waals surface area contributed by atoms with E-state index in [1.807, 2.05) is 0 Å². The van der Waals surface area contributed by atoms with Crippen molar-refractivity contribution >= 4 is 12.0 Å². The summed E-state index contributed by atoms with van der Waals surface area (Å²) in [6, 6.07) is 7.72. The number of phenols is 2. The summed E-state index contributed by atoms with van der Waals surface area (Å²) in [6.45, 7) is 18.5. The fourth-order valence-corrected chi connectivity index (χ4v) is 4.45. The van der Waals surface area contributed by atoms with Crippen molar-refractivity contribution in [2.45, 2.75) is 111 Å². The normalized spacial score (nSPS) is 12.1. The van der Waals surface area contributed by atoms with Crippen molar-refractivity contribution in [1.82, 2.24) is 5.32 Å². The van der Waals surface area contributed by atoms with E-state index in [1.165, 1.54) is 11.6 Å². The SMILES string of the molecule is CCCCOc1cc(/C=C/C(=O)NCCCCc2cc(C(C)(C)C)c(O)c(C(C)(C)C)c2)cc(OCCCC)c1O. The van der Waals surface area contributed by atoms with Gasteiger partial charge < -0.3 is 25.0 Å². The van der Waals surface area contributed by atoms with E-state index in [9.17, 15) is 15.0 Å². The average molecular weight is 568 g/mol. The van der Waals surface area contributed by atoms with Crippen molar-refractivity contribution in [1.29, 1.82) is 0 Å². The first kappa shape index (κ1) is 34.1. The fraction of sp³-hybridized carbons (Fsp3) is 0.571. The number of rotatable bonds is 15. The summed E-state index contributed by atoms with van der Waals surface area (Å²) in [6.07, 6.45) is 9.63. The lowest BCUT2D eigenvalue weighted by Gasteiger charge is -2.28. The van der Waals surface area contributed by atoms with Gasteiger partial charge in [0.25, 0.3) is 0 Å². The molecule has 0 aliphatic carbocycles. The van der Waals surface area contributed by atoms with Crippen LogP contribution in [0.1, 0.15) is 116 Å². The number of amides is 1. The van der Waals surface area contributed by atoms with Gasteiger partial charge in [0.05, 0.1) is 13.2 Å². The van der Waals surface area contributed by atoms with E-state index in [0.717, 1.165) is 61.6 Å². The number of aromatic hydroxyl groups is 2. The number of ether oxygens (including phenoxy) is 2. The van der Waals surface area contributed by atoms with Gasteiger partial charge in [0.2, 0.25) is 11.7 Å². The molecular formula is C35H53NO5. The molecule has 0 aromatic heterocycles. The largest absolute Gasteiger partial charge is 0.507 e. The van der Waals surface area contributed by atoms with Crippen molar-refractivity contribution < 1.29 is 24.5 Å². The minimum Gasteiger partial charge on any atom is -0.507 e. The van der Waals surface area contributed by atoms with Crippen molar-refractivity contribution in [2.24, 2.45) is 0 Å². The van der Waals surface area contributed by atoms with Gasteiger partial charge >= 0.3 is 0 Å². The highest BCUT2D eigenvalue weighted by molar-refractivity contribution is 5.91. The highest BCUT2D eigenvalue weighted by Gasteiger charge is 2.26. The molecule has 0 spiro atoms. The molecule has 6 heteroatoms. The predicted octanol–water partition coefficient (Wildman–Crippen LogP) is 8.20. The molecule has 6 nitrogen and oxygen atoms in total. The van der Waals surface area contributed by atoms with Crippen LogP contribution in [0.3, 0.4) is 0 Å². The highest BCUT2D eigenvalue weighted by Crippen LogP contribution is 2.40. The second kappa shape index (κ2) is 15.7. The lowest BCUT2D eigenvalue weighted by molar-refractivity contribution is -0.116. The molecule has 0 aliphatic heterocycles.